The number of hydrogen-bond acceptors (Lipinski definition) is 7. The largest absolute Gasteiger partial charge is 0.481 e. The quantitative estimate of drug-likeness (QED) is 0.300. The molecule has 4 atom stereocenters. The first-order valence-electron chi connectivity index (χ1n) is 14.6. The van der Waals surface area contributed by atoms with E-state index in [2.05, 4.69) is 21.9 Å². The van der Waals surface area contributed by atoms with Crippen molar-refractivity contribution in [3.63, 3.8) is 0 Å². The van der Waals surface area contributed by atoms with Crippen molar-refractivity contribution < 1.29 is 24.2 Å². The molecule has 0 bridgehead atoms. The summed E-state index contributed by atoms with van der Waals surface area (Å²) in [5.74, 6) is -0.295. The minimum atomic E-state index is -0.799. The molecule has 3 aromatic rings. The van der Waals surface area contributed by atoms with Crippen molar-refractivity contribution in [3.05, 3.63) is 72.6 Å². The number of carbonyl (C=O) groups excluding carboxylic acids is 1. The van der Waals surface area contributed by atoms with Crippen LogP contribution in [0.3, 0.4) is 0 Å². The summed E-state index contributed by atoms with van der Waals surface area (Å²) in [6.45, 7) is 2.91. The van der Waals surface area contributed by atoms with Gasteiger partial charge < -0.3 is 19.5 Å². The average molecular weight is 559 g/mol. The molecule has 0 saturated heterocycles. The summed E-state index contributed by atoms with van der Waals surface area (Å²) in [6.07, 6.45) is 12.5. The van der Waals surface area contributed by atoms with E-state index in [0.29, 0.717) is 43.7 Å². The molecule has 9 nitrogen and oxygen atoms in total. The van der Waals surface area contributed by atoms with E-state index in [1.807, 2.05) is 41.3 Å². The molecule has 1 amide bonds. The third-order valence-corrected chi connectivity index (χ3v) is 8.46. The molecule has 1 aliphatic carbocycles. The van der Waals surface area contributed by atoms with Crippen molar-refractivity contribution >= 4 is 17.6 Å². The van der Waals surface area contributed by atoms with Crippen molar-refractivity contribution in [2.45, 2.75) is 64.2 Å². The van der Waals surface area contributed by atoms with Gasteiger partial charge in [0.1, 0.15) is 6.33 Å². The Morgan fingerprint density at radius 1 is 1.07 bits per heavy atom. The normalized spacial score (nSPS) is 21.7. The molecule has 41 heavy (non-hydrogen) atoms. The number of hydrogen-bond donors (Lipinski definition) is 1. The van der Waals surface area contributed by atoms with E-state index >= 15 is 0 Å². The molecule has 1 saturated carbocycles. The number of amides is 1. The third-order valence-electron chi connectivity index (χ3n) is 8.46. The van der Waals surface area contributed by atoms with Crippen LogP contribution in [0.25, 0.3) is 0 Å². The second-order valence-corrected chi connectivity index (χ2v) is 11.1. The number of benzene rings is 1. The number of carboxylic acids is 1. The van der Waals surface area contributed by atoms with Crippen LogP contribution in [0.4, 0.5) is 5.69 Å². The predicted molar refractivity (Wildman–Crippen MR) is 154 cm³/mol. The monoisotopic (exact) mass is 558 g/mol. The van der Waals surface area contributed by atoms with Gasteiger partial charge in [0.2, 0.25) is 12.7 Å². The Labute approximate surface area is 241 Å². The highest BCUT2D eigenvalue weighted by atomic mass is 16.7. The Bertz CT molecular complexity index is 1310. The number of anilines is 1. The number of rotatable bonds is 11. The summed E-state index contributed by atoms with van der Waals surface area (Å²) in [5.41, 5.74) is 2.63. The molecule has 2 aromatic heterocycles. The van der Waals surface area contributed by atoms with E-state index in [1.165, 1.54) is 6.33 Å². The van der Waals surface area contributed by atoms with Gasteiger partial charge in [-0.1, -0.05) is 19.4 Å². The molecule has 1 aromatic carbocycles. The fourth-order valence-electron chi connectivity index (χ4n) is 6.34. The molecule has 0 radical (unpaired) electrons. The number of pyridine rings is 1. The summed E-state index contributed by atoms with van der Waals surface area (Å²) in [6, 6.07) is 11.4. The molecular formula is C32H38N4O5. The molecule has 5 rings (SSSR count). The fourth-order valence-corrected chi connectivity index (χ4v) is 6.34. The molecular weight excluding hydrogens is 520 g/mol. The van der Waals surface area contributed by atoms with Crippen LogP contribution in [0.15, 0.2) is 61.3 Å². The van der Waals surface area contributed by atoms with Crippen LogP contribution in [-0.2, 0) is 16.0 Å². The van der Waals surface area contributed by atoms with Gasteiger partial charge in [-0.2, -0.15) is 0 Å². The summed E-state index contributed by atoms with van der Waals surface area (Å²) in [4.78, 5) is 41.1. The van der Waals surface area contributed by atoms with E-state index in [-0.39, 0.29) is 30.5 Å². The number of aryl methyl sites for hydroxylation is 1. The number of aromatic nitrogens is 3. The number of unbranched alkanes of at least 4 members (excludes halogenated alkanes) is 1. The van der Waals surface area contributed by atoms with Crippen molar-refractivity contribution in [1.82, 2.24) is 15.0 Å². The Morgan fingerprint density at radius 3 is 2.71 bits per heavy atom. The zero-order valence-electron chi connectivity index (χ0n) is 23.5. The molecule has 1 unspecified atom stereocenters. The van der Waals surface area contributed by atoms with Crippen molar-refractivity contribution in [2.75, 3.05) is 18.2 Å². The molecule has 1 N–H and O–H groups in total. The average Bonchev–Trinajstić information content (AvgIpc) is 3.39. The van der Waals surface area contributed by atoms with E-state index in [1.54, 1.807) is 18.6 Å². The van der Waals surface area contributed by atoms with E-state index in [0.717, 1.165) is 42.6 Å². The first-order chi connectivity index (χ1) is 20.0. The highest BCUT2D eigenvalue weighted by Gasteiger charge is 2.41. The van der Waals surface area contributed by atoms with Crippen molar-refractivity contribution in [2.24, 2.45) is 17.8 Å². The Morgan fingerprint density at radius 2 is 1.95 bits per heavy atom. The van der Waals surface area contributed by atoms with Gasteiger partial charge in [-0.25, -0.2) is 9.97 Å². The zero-order chi connectivity index (χ0) is 28.6. The van der Waals surface area contributed by atoms with E-state index < -0.39 is 11.9 Å². The van der Waals surface area contributed by atoms with Crippen LogP contribution in [-0.4, -0.2) is 45.3 Å². The van der Waals surface area contributed by atoms with Gasteiger partial charge in [0.15, 0.2) is 11.5 Å². The number of carbonyl (C=O) groups is 2. The maximum Gasteiger partial charge on any atom is 0.307 e. The molecule has 1 fully saturated rings. The summed E-state index contributed by atoms with van der Waals surface area (Å²) >= 11 is 0. The van der Waals surface area contributed by atoms with Crippen LogP contribution in [0.2, 0.25) is 0 Å². The number of aliphatic carboxylic acids is 1. The second-order valence-electron chi connectivity index (χ2n) is 11.1. The lowest BCUT2D eigenvalue weighted by Crippen LogP contribution is -2.33. The lowest BCUT2D eigenvalue weighted by atomic mass is 9.74. The van der Waals surface area contributed by atoms with Crippen LogP contribution >= 0.6 is 0 Å². The van der Waals surface area contributed by atoms with Gasteiger partial charge in [0, 0.05) is 31.1 Å². The zero-order valence-corrected chi connectivity index (χ0v) is 23.5. The van der Waals surface area contributed by atoms with Crippen molar-refractivity contribution in [3.8, 4) is 11.5 Å². The predicted octanol–water partition coefficient (Wildman–Crippen LogP) is 5.66. The van der Waals surface area contributed by atoms with Crippen LogP contribution < -0.4 is 14.4 Å². The topological polar surface area (TPSA) is 115 Å². The van der Waals surface area contributed by atoms with Crippen LogP contribution in [0.5, 0.6) is 11.5 Å². The first-order valence-corrected chi connectivity index (χ1v) is 14.6. The molecule has 9 heteroatoms. The van der Waals surface area contributed by atoms with Crippen LogP contribution in [0.1, 0.15) is 69.0 Å². The Hall–Kier alpha value is -4.01. The molecule has 216 valence electrons. The number of ether oxygens (including phenoxy) is 2. The van der Waals surface area contributed by atoms with Crippen molar-refractivity contribution in [1.29, 1.82) is 0 Å². The molecule has 2 aliphatic rings. The first kappa shape index (κ1) is 28.5. The lowest BCUT2D eigenvalue weighted by Gasteiger charge is -2.30. The molecule has 1 aliphatic heterocycles. The maximum absolute atomic E-state index is 13.8. The molecule has 0 spiro atoms. The van der Waals surface area contributed by atoms with Gasteiger partial charge in [-0.15, -0.1) is 0 Å². The van der Waals surface area contributed by atoms with E-state index in [4.69, 9.17) is 9.47 Å². The lowest BCUT2D eigenvalue weighted by molar-refractivity contribution is -0.144. The second kappa shape index (κ2) is 13.6. The number of fused-ring (bicyclic) bond motifs is 1. The third kappa shape index (κ3) is 7.01. The smallest absolute Gasteiger partial charge is 0.307 e. The SMILES string of the molecule is CCCCN(C(=O)CC1CC[C@@H](CCc2ccncn2)[C@H](C(=O)O)[C@@H](c2ccc3c(c2)OCO3)C1)c1cccnc1. The van der Waals surface area contributed by atoms with Crippen LogP contribution in [0, 0.1) is 17.8 Å². The van der Waals surface area contributed by atoms with Gasteiger partial charge in [-0.3, -0.25) is 14.6 Å². The van der Waals surface area contributed by atoms with Gasteiger partial charge in [0.25, 0.3) is 0 Å². The maximum atomic E-state index is 13.8. The summed E-state index contributed by atoms with van der Waals surface area (Å²) in [5, 5.41) is 10.6. The Kier molecular flexibility index (Phi) is 9.44. The minimum Gasteiger partial charge on any atom is -0.481 e. The summed E-state index contributed by atoms with van der Waals surface area (Å²) < 4.78 is 11.2. The number of carboxylic acid groups (broad SMARTS) is 1. The standard InChI is InChI=1S/C32H38N4O5/c1-2-3-15-36(26-5-4-13-33-19-26)30(37)17-22-6-7-23(8-10-25-12-14-34-20-35-25)31(32(38)39)27(16-22)24-9-11-28-29(18-24)41-21-40-28/h4-5,9,11-14,18-20,22-23,27,31H,2-3,6-8,10,15-17,21H2,1H3,(H,38,39)/t22?,23-,27+,31-/m0/s1. The van der Waals surface area contributed by atoms with Gasteiger partial charge in [-0.05, 0) is 92.2 Å². The van der Waals surface area contributed by atoms with Gasteiger partial charge >= 0.3 is 5.97 Å². The Balaban J connectivity index is 1.42. The molecule has 3 heterocycles. The highest BCUT2D eigenvalue weighted by molar-refractivity contribution is 5.93. The highest BCUT2D eigenvalue weighted by Crippen LogP contribution is 2.47. The van der Waals surface area contributed by atoms with E-state index in [9.17, 15) is 14.7 Å². The number of nitrogens with zero attached hydrogens (tertiary/aromatic N) is 4. The van der Waals surface area contributed by atoms with Gasteiger partial charge in [0.05, 0.1) is 17.8 Å². The fraction of sp³-hybridized carbons (Fsp3) is 0.469. The minimum absolute atomic E-state index is 0.0459. The summed E-state index contributed by atoms with van der Waals surface area (Å²) in [7, 11) is 0.